The van der Waals surface area contributed by atoms with Gasteiger partial charge in [0.15, 0.2) is 5.82 Å². The zero-order valence-corrected chi connectivity index (χ0v) is 16.0. The Bertz CT molecular complexity index is 1010. The summed E-state index contributed by atoms with van der Waals surface area (Å²) in [5.74, 6) is -0.293. The van der Waals surface area contributed by atoms with Crippen molar-refractivity contribution in [2.75, 3.05) is 5.32 Å². The Morgan fingerprint density at radius 1 is 1.33 bits per heavy atom. The van der Waals surface area contributed by atoms with Crippen molar-refractivity contribution in [3.05, 3.63) is 79.6 Å². The average molecular weight is 452 g/mol. The van der Waals surface area contributed by atoms with Crippen molar-refractivity contribution in [2.24, 2.45) is 0 Å². The Morgan fingerprint density at radius 2 is 2.07 bits per heavy atom. The third-order valence-electron chi connectivity index (χ3n) is 3.41. The summed E-state index contributed by atoms with van der Waals surface area (Å²) >= 11 is 9.22. The highest BCUT2D eigenvalue weighted by Crippen LogP contribution is 2.21. The summed E-state index contributed by atoms with van der Waals surface area (Å²) in [7, 11) is 0. The Balaban J connectivity index is 1.63. The van der Waals surface area contributed by atoms with Crippen LogP contribution in [0.5, 0.6) is 0 Å². The second-order valence-corrected chi connectivity index (χ2v) is 6.70. The molecule has 0 saturated carbocycles. The monoisotopic (exact) mass is 450 g/mol. The van der Waals surface area contributed by atoms with Crippen molar-refractivity contribution in [3.63, 3.8) is 0 Å². The van der Waals surface area contributed by atoms with Gasteiger partial charge in [0.05, 0.1) is 17.1 Å². The molecule has 1 amide bonds. The van der Waals surface area contributed by atoms with Crippen LogP contribution < -0.4 is 5.32 Å². The quantitative estimate of drug-likeness (QED) is 0.338. The van der Waals surface area contributed by atoms with E-state index in [1.54, 1.807) is 23.0 Å². The zero-order chi connectivity index (χ0) is 19.4. The number of benzene rings is 1. The van der Waals surface area contributed by atoms with E-state index < -0.39 is 16.7 Å². The van der Waals surface area contributed by atoms with Gasteiger partial charge in [-0.3, -0.25) is 19.6 Å². The number of carbonyl (C=O) groups is 1. The Labute approximate surface area is 166 Å². The molecule has 2 aromatic heterocycles. The van der Waals surface area contributed by atoms with Gasteiger partial charge >= 0.3 is 5.88 Å². The fraction of sp³-hybridized carbons (Fsp3) is 0.0588. The van der Waals surface area contributed by atoms with Crippen molar-refractivity contribution < 1.29 is 14.1 Å². The number of anilines is 1. The zero-order valence-electron chi connectivity index (χ0n) is 13.6. The molecule has 3 rings (SSSR count). The molecule has 27 heavy (non-hydrogen) atoms. The lowest BCUT2D eigenvalue weighted by atomic mass is 10.2. The van der Waals surface area contributed by atoms with Crippen LogP contribution in [0.2, 0.25) is 5.02 Å². The first kappa shape index (κ1) is 18.9. The van der Waals surface area contributed by atoms with E-state index in [0.717, 1.165) is 5.56 Å². The van der Waals surface area contributed by atoms with Crippen LogP contribution in [-0.2, 0) is 11.3 Å². The minimum atomic E-state index is -0.651. The predicted octanol–water partition coefficient (Wildman–Crippen LogP) is 4.50. The topological polar surface area (TPSA) is 103 Å². The molecule has 0 aliphatic carbocycles. The van der Waals surface area contributed by atoms with Crippen molar-refractivity contribution in [1.29, 1.82) is 0 Å². The summed E-state index contributed by atoms with van der Waals surface area (Å²) in [5, 5.41) is 18.2. The van der Waals surface area contributed by atoms with Gasteiger partial charge in [0.2, 0.25) is 5.91 Å². The first-order chi connectivity index (χ1) is 12.9. The van der Waals surface area contributed by atoms with Crippen molar-refractivity contribution in [3.8, 4) is 0 Å². The third kappa shape index (κ3) is 5.05. The number of halogens is 2. The highest BCUT2D eigenvalue weighted by Gasteiger charge is 2.11. The van der Waals surface area contributed by atoms with Gasteiger partial charge in [0, 0.05) is 17.3 Å². The van der Waals surface area contributed by atoms with Crippen LogP contribution >= 0.6 is 27.5 Å². The Morgan fingerprint density at radius 3 is 2.74 bits per heavy atom. The number of rotatable bonds is 6. The van der Waals surface area contributed by atoms with Crippen LogP contribution in [0.1, 0.15) is 11.3 Å². The highest BCUT2D eigenvalue weighted by molar-refractivity contribution is 9.10. The Kier molecular flexibility index (Phi) is 5.72. The number of nitrogens with zero attached hydrogens (tertiary/aromatic N) is 3. The van der Waals surface area contributed by atoms with E-state index in [1.165, 1.54) is 24.3 Å². The van der Waals surface area contributed by atoms with E-state index in [4.69, 9.17) is 16.0 Å². The maximum absolute atomic E-state index is 12.0. The lowest BCUT2D eigenvalue weighted by Crippen LogP contribution is -2.09. The second-order valence-electron chi connectivity index (χ2n) is 5.41. The molecule has 1 aromatic carbocycles. The fourth-order valence-electron chi connectivity index (χ4n) is 2.19. The number of nitrogens with one attached hydrogen (secondary N) is 1. The highest BCUT2D eigenvalue weighted by atomic mass is 79.9. The van der Waals surface area contributed by atoms with E-state index >= 15 is 0 Å². The van der Waals surface area contributed by atoms with E-state index in [-0.39, 0.29) is 5.76 Å². The largest absolute Gasteiger partial charge is 0.433 e. The molecule has 138 valence electrons. The average Bonchev–Trinajstić information content (AvgIpc) is 3.22. The maximum atomic E-state index is 12.0. The molecule has 0 atom stereocenters. The smallest absolute Gasteiger partial charge is 0.401 e. The van der Waals surface area contributed by atoms with Crippen LogP contribution in [0.15, 0.2) is 57.6 Å². The minimum absolute atomic E-state index is 0.198. The first-order valence-electron chi connectivity index (χ1n) is 7.61. The third-order valence-corrected chi connectivity index (χ3v) is 4.24. The molecule has 0 spiro atoms. The van der Waals surface area contributed by atoms with Gasteiger partial charge in [-0.1, -0.05) is 23.7 Å². The van der Waals surface area contributed by atoms with Crippen molar-refractivity contribution in [2.45, 2.75) is 6.54 Å². The lowest BCUT2D eigenvalue weighted by Gasteiger charge is -2.02. The molecule has 3 aromatic rings. The van der Waals surface area contributed by atoms with Gasteiger partial charge in [-0.15, -0.1) is 0 Å². The standard InChI is InChI=1S/C17H12BrClN4O4/c18-14-10-22(9-11-1-3-12(19)4-2-11)21-17(14)20-15(24)7-5-13-6-8-16(27-13)23(25)26/h1-8,10H,9H2,(H,20,21,24)/b7-5+. The number of hydrogen-bond acceptors (Lipinski definition) is 5. The number of hydrogen-bond donors (Lipinski definition) is 1. The summed E-state index contributed by atoms with van der Waals surface area (Å²) in [6.45, 7) is 0.511. The van der Waals surface area contributed by atoms with Crippen molar-refractivity contribution in [1.82, 2.24) is 9.78 Å². The van der Waals surface area contributed by atoms with Crippen LogP contribution in [0.4, 0.5) is 11.7 Å². The summed E-state index contributed by atoms with van der Waals surface area (Å²) in [4.78, 5) is 21.9. The number of aromatic nitrogens is 2. The molecular formula is C17H12BrClN4O4. The van der Waals surface area contributed by atoms with Crippen molar-refractivity contribution >= 4 is 51.2 Å². The number of amides is 1. The molecule has 8 nitrogen and oxygen atoms in total. The van der Waals surface area contributed by atoms with Crippen LogP contribution in [-0.4, -0.2) is 20.6 Å². The molecule has 0 aliphatic heterocycles. The minimum Gasteiger partial charge on any atom is -0.401 e. The van der Waals surface area contributed by atoms with Crippen LogP contribution in [0, 0.1) is 10.1 Å². The van der Waals surface area contributed by atoms with Gasteiger partial charge in [-0.2, -0.15) is 5.10 Å². The normalized spacial score (nSPS) is 11.0. The molecule has 0 unspecified atom stereocenters. The summed E-state index contributed by atoms with van der Waals surface area (Å²) < 4.78 is 7.23. The number of nitro groups is 1. The number of furan rings is 1. The molecule has 0 saturated heterocycles. The first-order valence-corrected chi connectivity index (χ1v) is 8.78. The molecule has 1 N–H and O–H groups in total. The molecule has 0 aliphatic rings. The molecule has 0 radical (unpaired) electrons. The van der Waals surface area contributed by atoms with Gasteiger partial charge in [-0.25, -0.2) is 0 Å². The van der Waals surface area contributed by atoms with Gasteiger partial charge < -0.3 is 9.73 Å². The van der Waals surface area contributed by atoms with E-state index in [0.29, 0.717) is 21.9 Å². The summed E-state index contributed by atoms with van der Waals surface area (Å²) in [6, 6.07) is 9.98. The molecular weight excluding hydrogens is 440 g/mol. The molecule has 10 heteroatoms. The van der Waals surface area contributed by atoms with Crippen LogP contribution in [0.3, 0.4) is 0 Å². The van der Waals surface area contributed by atoms with Crippen LogP contribution in [0.25, 0.3) is 6.08 Å². The van der Waals surface area contributed by atoms with Gasteiger partial charge in [0.1, 0.15) is 10.7 Å². The molecule has 0 bridgehead atoms. The van der Waals surface area contributed by atoms with Gasteiger partial charge in [0.25, 0.3) is 0 Å². The van der Waals surface area contributed by atoms with E-state index in [1.807, 2.05) is 12.1 Å². The van der Waals surface area contributed by atoms with E-state index in [2.05, 4.69) is 26.3 Å². The predicted molar refractivity (Wildman–Crippen MR) is 104 cm³/mol. The summed E-state index contributed by atoms with van der Waals surface area (Å²) in [5.41, 5.74) is 1.01. The summed E-state index contributed by atoms with van der Waals surface area (Å²) in [6.07, 6.45) is 4.28. The lowest BCUT2D eigenvalue weighted by molar-refractivity contribution is -0.402. The SMILES string of the molecule is O=C(/C=C/c1ccc([N+](=O)[O-])o1)Nc1nn(Cc2ccc(Cl)cc2)cc1Br. The second kappa shape index (κ2) is 8.19. The molecule has 2 heterocycles. The fourth-order valence-corrected chi connectivity index (χ4v) is 2.73. The Hall–Kier alpha value is -2.91. The number of carbonyl (C=O) groups excluding carboxylic acids is 1. The maximum Gasteiger partial charge on any atom is 0.433 e. The van der Waals surface area contributed by atoms with Gasteiger partial charge in [-0.05, 0) is 45.8 Å². The van der Waals surface area contributed by atoms with E-state index in [9.17, 15) is 14.9 Å². The molecule has 0 fully saturated rings.